The van der Waals surface area contributed by atoms with Crippen LogP contribution in [0.5, 0.6) is 5.75 Å². The third-order valence-electron chi connectivity index (χ3n) is 3.68. The van der Waals surface area contributed by atoms with E-state index in [1.807, 2.05) is 6.92 Å². The van der Waals surface area contributed by atoms with Gasteiger partial charge in [-0.05, 0) is 55.8 Å². The summed E-state index contributed by atoms with van der Waals surface area (Å²) in [6, 6.07) is 9.96. The molecule has 1 N–H and O–H groups in total. The highest BCUT2D eigenvalue weighted by Crippen LogP contribution is 2.19. The van der Waals surface area contributed by atoms with Gasteiger partial charge in [0.05, 0.1) is 18.0 Å². The molecular formula is C18H21FN2O4S. The molecule has 26 heavy (non-hydrogen) atoms. The zero-order valence-electron chi connectivity index (χ0n) is 14.8. The third-order valence-corrected chi connectivity index (χ3v) is 5.50. The van der Waals surface area contributed by atoms with E-state index in [9.17, 15) is 17.6 Å². The lowest BCUT2D eigenvalue weighted by Gasteiger charge is -2.17. The van der Waals surface area contributed by atoms with Crippen molar-refractivity contribution in [1.29, 1.82) is 0 Å². The normalized spacial score (nSPS) is 11.4. The first-order valence-electron chi connectivity index (χ1n) is 7.99. The molecular weight excluding hydrogens is 359 g/mol. The summed E-state index contributed by atoms with van der Waals surface area (Å²) in [4.78, 5) is 12.2. The van der Waals surface area contributed by atoms with E-state index >= 15 is 0 Å². The molecule has 2 aromatic rings. The van der Waals surface area contributed by atoms with Crippen molar-refractivity contribution in [3.63, 3.8) is 0 Å². The molecule has 0 bridgehead atoms. The largest absolute Gasteiger partial charge is 0.494 e. The summed E-state index contributed by atoms with van der Waals surface area (Å²) < 4.78 is 44.6. The summed E-state index contributed by atoms with van der Waals surface area (Å²) in [6.07, 6.45) is 0. The van der Waals surface area contributed by atoms with Gasteiger partial charge in [0.15, 0.2) is 0 Å². The maximum absolute atomic E-state index is 13.3. The number of nitrogens with one attached hydrogen (secondary N) is 1. The lowest BCUT2D eigenvalue weighted by molar-refractivity contribution is -0.116. The molecule has 1 amide bonds. The fourth-order valence-corrected chi connectivity index (χ4v) is 3.39. The lowest BCUT2D eigenvalue weighted by Crippen LogP contribution is -2.35. The first-order valence-corrected chi connectivity index (χ1v) is 9.43. The average molecular weight is 380 g/mol. The van der Waals surface area contributed by atoms with Crippen molar-refractivity contribution in [2.24, 2.45) is 0 Å². The lowest BCUT2D eigenvalue weighted by atomic mass is 10.2. The van der Waals surface area contributed by atoms with Gasteiger partial charge in [-0.3, -0.25) is 4.79 Å². The number of ether oxygens (including phenoxy) is 1. The number of carbonyl (C=O) groups is 1. The van der Waals surface area contributed by atoms with Crippen LogP contribution in [0, 0.1) is 12.7 Å². The molecule has 0 atom stereocenters. The van der Waals surface area contributed by atoms with Crippen LogP contribution in [0.15, 0.2) is 47.4 Å². The molecule has 0 spiro atoms. The Bertz CT molecular complexity index is 883. The van der Waals surface area contributed by atoms with Gasteiger partial charge in [0, 0.05) is 12.7 Å². The number of hydrogen-bond acceptors (Lipinski definition) is 4. The first kappa shape index (κ1) is 19.9. The second-order valence-corrected chi connectivity index (χ2v) is 7.72. The number of benzene rings is 2. The van der Waals surface area contributed by atoms with Crippen molar-refractivity contribution in [3.05, 3.63) is 53.8 Å². The molecule has 2 aromatic carbocycles. The van der Waals surface area contributed by atoms with Crippen molar-refractivity contribution in [1.82, 2.24) is 4.31 Å². The number of carbonyl (C=O) groups excluding carboxylic acids is 1. The number of halogens is 1. The van der Waals surface area contributed by atoms with Gasteiger partial charge in [-0.15, -0.1) is 0 Å². The molecule has 140 valence electrons. The number of aryl methyl sites for hydroxylation is 1. The second kappa shape index (κ2) is 8.29. The smallest absolute Gasteiger partial charge is 0.243 e. The van der Waals surface area contributed by atoms with Gasteiger partial charge in [-0.25, -0.2) is 12.8 Å². The Labute approximate surface area is 152 Å². The number of sulfonamides is 1. The minimum atomic E-state index is -3.83. The second-order valence-electron chi connectivity index (χ2n) is 5.67. The summed E-state index contributed by atoms with van der Waals surface area (Å²) in [7, 11) is -2.52. The Morgan fingerprint density at radius 1 is 1.19 bits per heavy atom. The van der Waals surface area contributed by atoms with E-state index in [1.54, 1.807) is 19.1 Å². The van der Waals surface area contributed by atoms with Crippen molar-refractivity contribution in [3.8, 4) is 5.75 Å². The number of anilines is 1. The molecule has 0 heterocycles. The van der Waals surface area contributed by atoms with Crippen molar-refractivity contribution in [2.45, 2.75) is 18.7 Å². The number of rotatable bonds is 7. The minimum Gasteiger partial charge on any atom is -0.494 e. The van der Waals surface area contributed by atoms with Gasteiger partial charge in [-0.2, -0.15) is 4.31 Å². The Morgan fingerprint density at radius 3 is 2.46 bits per heavy atom. The molecule has 6 nitrogen and oxygen atoms in total. The van der Waals surface area contributed by atoms with Crippen LogP contribution < -0.4 is 10.1 Å². The van der Waals surface area contributed by atoms with Gasteiger partial charge < -0.3 is 10.1 Å². The molecule has 0 aliphatic rings. The Kier molecular flexibility index (Phi) is 6.33. The number of nitrogens with zero attached hydrogens (tertiary/aromatic N) is 1. The molecule has 0 saturated carbocycles. The van der Waals surface area contributed by atoms with Gasteiger partial charge >= 0.3 is 0 Å². The zero-order chi connectivity index (χ0) is 19.3. The highest BCUT2D eigenvalue weighted by Gasteiger charge is 2.23. The van der Waals surface area contributed by atoms with Gasteiger partial charge in [0.25, 0.3) is 0 Å². The quantitative estimate of drug-likeness (QED) is 0.801. The topological polar surface area (TPSA) is 75.7 Å². The molecule has 0 aliphatic heterocycles. The van der Waals surface area contributed by atoms with Crippen LogP contribution in [0.25, 0.3) is 0 Å². The number of hydrogen-bond donors (Lipinski definition) is 1. The fraction of sp³-hybridized carbons (Fsp3) is 0.278. The maximum Gasteiger partial charge on any atom is 0.243 e. The molecule has 0 unspecified atom stereocenters. The fourth-order valence-electron chi connectivity index (χ4n) is 2.26. The van der Waals surface area contributed by atoms with Crippen LogP contribution in [0.2, 0.25) is 0 Å². The van der Waals surface area contributed by atoms with Gasteiger partial charge in [-0.1, -0.05) is 6.07 Å². The molecule has 0 aromatic heterocycles. The standard InChI is InChI=1S/C18H21FN2O4S/c1-4-25-15-7-9-16(10-8-15)26(23,24)21(3)12-18(22)20-17-11-14(19)6-5-13(17)2/h5-11H,4,12H2,1-3H3,(H,20,22). The number of amides is 1. The van der Waals surface area contributed by atoms with Crippen LogP contribution in [0.3, 0.4) is 0 Å². The zero-order valence-corrected chi connectivity index (χ0v) is 15.6. The average Bonchev–Trinajstić information content (AvgIpc) is 2.59. The molecule has 0 aliphatic carbocycles. The SMILES string of the molecule is CCOc1ccc(S(=O)(=O)N(C)CC(=O)Nc2cc(F)ccc2C)cc1. The summed E-state index contributed by atoms with van der Waals surface area (Å²) >= 11 is 0. The number of likely N-dealkylation sites (N-methyl/N-ethyl adjacent to an activating group) is 1. The van der Waals surface area contributed by atoms with Crippen LogP contribution in [-0.2, 0) is 14.8 Å². The van der Waals surface area contributed by atoms with Crippen molar-refractivity contribution >= 4 is 21.6 Å². The molecule has 8 heteroatoms. The third kappa shape index (κ3) is 4.80. The van der Waals surface area contributed by atoms with E-state index in [0.29, 0.717) is 23.6 Å². The van der Waals surface area contributed by atoms with Crippen LogP contribution in [0.1, 0.15) is 12.5 Å². The van der Waals surface area contributed by atoms with E-state index in [4.69, 9.17) is 4.74 Å². The Balaban J connectivity index is 2.08. The first-order chi connectivity index (χ1) is 12.2. The monoisotopic (exact) mass is 380 g/mol. The summed E-state index contributed by atoms with van der Waals surface area (Å²) in [5.41, 5.74) is 0.985. The Morgan fingerprint density at radius 2 is 1.85 bits per heavy atom. The van der Waals surface area contributed by atoms with E-state index in [2.05, 4.69) is 5.32 Å². The molecule has 0 radical (unpaired) electrons. The maximum atomic E-state index is 13.3. The van der Waals surface area contributed by atoms with Gasteiger partial charge in [0.1, 0.15) is 11.6 Å². The Hall–Kier alpha value is -2.45. The predicted molar refractivity (Wildman–Crippen MR) is 97.2 cm³/mol. The van der Waals surface area contributed by atoms with Crippen molar-refractivity contribution < 1.29 is 22.3 Å². The van der Waals surface area contributed by atoms with Crippen molar-refractivity contribution in [2.75, 3.05) is 25.5 Å². The highest BCUT2D eigenvalue weighted by atomic mass is 32.2. The van der Waals surface area contributed by atoms with E-state index in [-0.39, 0.29) is 4.90 Å². The molecule has 0 saturated heterocycles. The van der Waals surface area contributed by atoms with Crippen LogP contribution >= 0.6 is 0 Å². The summed E-state index contributed by atoms with van der Waals surface area (Å²) in [5.74, 6) is -0.481. The summed E-state index contributed by atoms with van der Waals surface area (Å²) in [5, 5.41) is 2.53. The van der Waals surface area contributed by atoms with E-state index in [0.717, 1.165) is 4.31 Å². The van der Waals surface area contributed by atoms with Gasteiger partial charge in [0.2, 0.25) is 15.9 Å². The van der Waals surface area contributed by atoms with Crippen LogP contribution in [0.4, 0.5) is 10.1 Å². The minimum absolute atomic E-state index is 0.0539. The predicted octanol–water partition coefficient (Wildman–Crippen LogP) is 2.79. The molecule has 0 fully saturated rings. The summed E-state index contributed by atoms with van der Waals surface area (Å²) in [6.45, 7) is 3.63. The van der Waals surface area contributed by atoms with Crippen LogP contribution in [-0.4, -0.2) is 38.8 Å². The van der Waals surface area contributed by atoms with E-state index < -0.39 is 28.3 Å². The highest BCUT2D eigenvalue weighted by molar-refractivity contribution is 7.89. The molecule has 2 rings (SSSR count). The van der Waals surface area contributed by atoms with E-state index in [1.165, 1.54) is 37.4 Å².